The standard InChI is InChI=1S/C18H27N3O5S/c1-2-26-17-6-5-15(27(23,24)21-8-10-25-11-9-21)13-16(17)20-18(22)12-14-4-3-7-19-14/h5-6,13-14,19H,2-4,7-12H2,1H3,(H,20,22). The van der Waals surface area contributed by atoms with Gasteiger partial charge in [0, 0.05) is 25.6 Å². The van der Waals surface area contributed by atoms with Gasteiger partial charge in [-0.1, -0.05) is 0 Å². The molecule has 2 N–H and O–H groups in total. The molecule has 2 aliphatic heterocycles. The highest BCUT2D eigenvalue weighted by atomic mass is 32.2. The largest absolute Gasteiger partial charge is 0.492 e. The van der Waals surface area contributed by atoms with Crippen LogP contribution in [0.15, 0.2) is 23.1 Å². The predicted octanol–water partition coefficient (Wildman–Crippen LogP) is 1.19. The Hall–Kier alpha value is -1.68. The molecule has 150 valence electrons. The number of sulfonamides is 1. The zero-order valence-electron chi connectivity index (χ0n) is 15.6. The molecule has 2 fully saturated rings. The highest BCUT2D eigenvalue weighted by Crippen LogP contribution is 2.30. The second-order valence-electron chi connectivity index (χ2n) is 6.65. The van der Waals surface area contributed by atoms with Gasteiger partial charge in [0.2, 0.25) is 15.9 Å². The Morgan fingerprint density at radius 3 is 2.81 bits per heavy atom. The van der Waals surface area contributed by atoms with E-state index in [2.05, 4.69) is 10.6 Å². The van der Waals surface area contributed by atoms with Gasteiger partial charge in [-0.15, -0.1) is 0 Å². The first-order valence-corrected chi connectivity index (χ1v) is 10.8. The number of rotatable bonds is 7. The van der Waals surface area contributed by atoms with Crippen LogP contribution in [0.3, 0.4) is 0 Å². The van der Waals surface area contributed by atoms with Crippen molar-refractivity contribution in [3.63, 3.8) is 0 Å². The fraction of sp³-hybridized carbons (Fsp3) is 0.611. The number of hydrogen-bond donors (Lipinski definition) is 2. The smallest absolute Gasteiger partial charge is 0.243 e. The Labute approximate surface area is 160 Å². The Balaban J connectivity index is 1.80. The summed E-state index contributed by atoms with van der Waals surface area (Å²) < 4.78 is 38.0. The molecule has 8 nitrogen and oxygen atoms in total. The maximum Gasteiger partial charge on any atom is 0.243 e. The summed E-state index contributed by atoms with van der Waals surface area (Å²) in [7, 11) is -3.64. The monoisotopic (exact) mass is 397 g/mol. The zero-order chi connectivity index (χ0) is 19.3. The van der Waals surface area contributed by atoms with Crippen molar-refractivity contribution in [3.05, 3.63) is 18.2 Å². The molecule has 2 aliphatic rings. The number of morpholine rings is 1. The average molecular weight is 397 g/mol. The van der Waals surface area contributed by atoms with Crippen molar-refractivity contribution in [2.75, 3.05) is 44.8 Å². The van der Waals surface area contributed by atoms with Crippen molar-refractivity contribution < 1.29 is 22.7 Å². The number of nitrogens with one attached hydrogen (secondary N) is 2. The van der Waals surface area contributed by atoms with Gasteiger partial charge in [-0.25, -0.2) is 8.42 Å². The summed E-state index contributed by atoms with van der Waals surface area (Å²) in [6.07, 6.45) is 2.39. The van der Waals surface area contributed by atoms with Gasteiger partial charge in [-0.3, -0.25) is 4.79 Å². The molecule has 27 heavy (non-hydrogen) atoms. The summed E-state index contributed by atoms with van der Waals surface area (Å²) >= 11 is 0. The Bertz CT molecular complexity index is 756. The van der Waals surface area contributed by atoms with Gasteiger partial charge < -0.3 is 20.1 Å². The quantitative estimate of drug-likeness (QED) is 0.717. The molecule has 0 spiro atoms. The van der Waals surface area contributed by atoms with E-state index in [0.717, 1.165) is 19.4 Å². The molecule has 1 aromatic rings. The number of benzene rings is 1. The van der Waals surface area contributed by atoms with Crippen LogP contribution in [-0.2, 0) is 19.6 Å². The van der Waals surface area contributed by atoms with Crippen LogP contribution in [0.2, 0.25) is 0 Å². The molecule has 1 atom stereocenters. The Kier molecular flexibility index (Phi) is 6.69. The first-order chi connectivity index (χ1) is 13.0. The number of nitrogens with zero attached hydrogens (tertiary/aromatic N) is 1. The third-order valence-electron chi connectivity index (χ3n) is 4.73. The van der Waals surface area contributed by atoms with E-state index < -0.39 is 10.0 Å². The molecule has 2 saturated heterocycles. The van der Waals surface area contributed by atoms with Crippen molar-refractivity contribution in [3.8, 4) is 5.75 Å². The fourth-order valence-corrected chi connectivity index (χ4v) is 4.78. The molecule has 0 aliphatic carbocycles. The van der Waals surface area contributed by atoms with E-state index in [1.165, 1.54) is 16.4 Å². The highest BCUT2D eigenvalue weighted by Gasteiger charge is 2.27. The van der Waals surface area contributed by atoms with Gasteiger partial charge in [0.15, 0.2) is 0 Å². The zero-order valence-corrected chi connectivity index (χ0v) is 16.4. The summed E-state index contributed by atoms with van der Waals surface area (Å²) in [5.41, 5.74) is 0.384. The first-order valence-electron chi connectivity index (χ1n) is 9.38. The molecule has 1 unspecified atom stereocenters. The number of amides is 1. The number of carbonyl (C=O) groups is 1. The van der Waals surface area contributed by atoms with Crippen molar-refractivity contribution in [1.29, 1.82) is 0 Å². The average Bonchev–Trinajstić information content (AvgIpc) is 3.17. The predicted molar refractivity (Wildman–Crippen MR) is 101 cm³/mol. The fourth-order valence-electron chi connectivity index (χ4n) is 3.34. The van der Waals surface area contributed by atoms with Crippen LogP contribution >= 0.6 is 0 Å². The molecule has 1 aromatic carbocycles. The summed E-state index contributed by atoms with van der Waals surface area (Å²) in [5.74, 6) is 0.308. The normalized spacial score (nSPS) is 21.1. The molecule has 0 radical (unpaired) electrons. The van der Waals surface area contributed by atoms with Crippen LogP contribution in [0.5, 0.6) is 5.75 Å². The van der Waals surface area contributed by atoms with Gasteiger partial charge in [0.25, 0.3) is 0 Å². The van der Waals surface area contributed by atoms with Gasteiger partial charge >= 0.3 is 0 Å². The van der Waals surface area contributed by atoms with Gasteiger partial charge in [0.05, 0.1) is 30.4 Å². The van der Waals surface area contributed by atoms with Crippen LogP contribution < -0.4 is 15.4 Å². The maximum atomic E-state index is 12.9. The summed E-state index contributed by atoms with van der Waals surface area (Å²) in [4.78, 5) is 12.5. The molecule has 9 heteroatoms. The van der Waals surface area contributed by atoms with Crippen LogP contribution in [0.1, 0.15) is 26.2 Å². The summed E-state index contributed by atoms with van der Waals surface area (Å²) in [5, 5.41) is 6.11. The van der Waals surface area contributed by atoms with Crippen LogP contribution in [-0.4, -0.2) is 64.1 Å². The van der Waals surface area contributed by atoms with E-state index >= 15 is 0 Å². The van der Waals surface area contributed by atoms with Gasteiger partial charge in [-0.2, -0.15) is 4.31 Å². The molecule has 2 heterocycles. The van der Waals surface area contributed by atoms with E-state index in [1.54, 1.807) is 6.07 Å². The molecule has 0 aromatic heterocycles. The molecule has 0 bridgehead atoms. The second kappa shape index (κ2) is 9.01. The van der Waals surface area contributed by atoms with Crippen molar-refractivity contribution >= 4 is 21.6 Å². The van der Waals surface area contributed by atoms with Gasteiger partial charge in [-0.05, 0) is 44.5 Å². The number of anilines is 1. The molecular weight excluding hydrogens is 370 g/mol. The third-order valence-corrected chi connectivity index (χ3v) is 6.62. The molecule has 1 amide bonds. The van der Waals surface area contributed by atoms with E-state index in [0.29, 0.717) is 50.8 Å². The SMILES string of the molecule is CCOc1ccc(S(=O)(=O)N2CCOCC2)cc1NC(=O)CC1CCCN1. The van der Waals surface area contributed by atoms with Crippen LogP contribution in [0.25, 0.3) is 0 Å². The minimum atomic E-state index is -3.64. The number of hydrogen-bond acceptors (Lipinski definition) is 6. The van der Waals surface area contributed by atoms with Crippen molar-refractivity contribution in [2.45, 2.75) is 37.1 Å². The van der Waals surface area contributed by atoms with Crippen LogP contribution in [0, 0.1) is 0 Å². The summed E-state index contributed by atoms with van der Waals surface area (Å²) in [6.45, 7) is 4.60. The lowest BCUT2D eigenvalue weighted by atomic mass is 10.1. The lowest BCUT2D eigenvalue weighted by Gasteiger charge is -2.26. The lowest BCUT2D eigenvalue weighted by molar-refractivity contribution is -0.116. The number of carbonyl (C=O) groups excluding carboxylic acids is 1. The van der Waals surface area contributed by atoms with Crippen molar-refractivity contribution in [1.82, 2.24) is 9.62 Å². The second-order valence-corrected chi connectivity index (χ2v) is 8.59. The third kappa shape index (κ3) is 4.98. The first kappa shape index (κ1) is 20.1. The van der Waals surface area contributed by atoms with E-state index in [9.17, 15) is 13.2 Å². The van der Waals surface area contributed by atoms with Gasteiger partial charge in [0.1, 0.15) is 5.75 Å². The Morgan fingerprint density at radius 1 is 1.37 bits per heavy atom. The lowest BCUT2D eigenvalue weighted by Crippen LogP contribution is -2.40. The highest BCUT2D eigenvalue weighted by molar-refractivity contribution is 7.89. The number of ether oxygens (including phenoxy) is 2. The summed E-state index contributed by atoms with van der Waals surface area (Å²) in [6, 6.07) is 4.76. The van der Waals surface area contributed by atoms with E-state index in [4.69, 9.17) is 9.47 Å². The molecule has 3 rings (SSSR count). The van der Waals surface area contributed by atoms with E-state index in [-0.39, 0.29) is 16.8 Å². The van der Waals surface area contributed by atoms with Crippen LogP contribution in [0.4, 0.5) is 5.69 Å². The molecule has 0 saturated carbocycles. The minimum Gasteiger partial charge on any atom is -0.492 e. The maximum absolute atomic E-state index is 12.9. The van der Waals surface area contributed by atoms with E-state index in [1.807, 2.05) is 6.92 Å². The molecular formula is C18H27N3O5S. The minimum absolute atomic E-state index is 0.141. The van der Waals surface area contributed by atoms with Crippen molar-refractivity contribution in [2.24, 2.45) is 0 Å². The Morgan fingerprint density at radius 2 is 2.15 bits per heavy atom. The topological polar surface area (TPSA) is 97.0 Å².